The van der Waals surface area contributed by atoms with Crippen molar-refractivity contribution in [2.45, 2.75) is 32.2 Å². The first kappa shape index (κ1) is 15.7. The summed E-state index contributed by atoms with van der Waals surface area (Å²) in [5.41, 5.74) is 0.827. The van der Waals surface area contributed by atoms with E-state index in [-0.39, 0.29) is 23.8 Å². The molecule has 1 saturated carbocycles. The molecule has 5 atom stereocenters. The van der Waals surface area contributed by atoms with E-state index in [0.29, 0.717) is 0 Å². The van der Waals surface area contributed by atoms with E-state index in [1.54, 1.807) is 6.20 Å². The van der Waals surface area contributed by atoms with E-state index in [2.05, 4.69) is 17.2 Å². The van der Waals surface area contributed by atoms with Crippen LogP contribution in [0, 0.1) is 23.7 Å². The van der Waals surface area contributed by atoms with Crippen LogP contribution in [0.15, 0.2) is 36.5 Å². The zero-order valence-electron chi connectivity index (χ0n) is 13.2. The lowest BCUT2D eigenvalue weighted by Gasteiger charge is -2.26. The maximum atomic E-state index is 12.8. The van der Waals surface area contributed by atoms with Crippen molar-refractivity contribution in [2.75, 3.05) is 0 Å². The number of hydrogen-bond donors (Lipinski definition) is 2. The Labute approximate surface area is 135 Å². The van der Waals surface area contributed by atoms with Crippen molar-refractivity contribution in [3.05, 3.63) is 42.2 Å². The van der Waals surface area contributed by atoms with E-state index in [9.17, 15) is 14.7 Å². The van der Waals surface area contributed by atoms with Crippen molar-refractivity contribution in [3.8, 4) is 0 Å². The molecule has 23 heavy (non-hydrogen) atoms. The number of carboxylic acid groups (broad SMARTS) is 1. The lowest BCUT2D eigenvalue weighted by atomic mass is 9.82. The number of allylic oxidation sites excluding steroid dienone is 2. The molecule has 1 amide bonds. The largest absolute Gasteiger partial charge is 0.481 e. The van der Waals surface area contributed by atoms with Crippen molar-refractivity contribution in [1.29, 1.82) is 0 Å². The molecule has 1 heterocycles. The molecule has 0 aliphatic heterocycles. The SMILES string of the molecule is CCC[C@H](NC(=O)[C@H]1[C@@H](C(=O)O)[C@H]2C=C[C@H]1C2)c1ccccn1. The fraction of sp³-hybridized carbons (Fsp3) is 0.500. The Balaban J connectivity index is 1.77. The topological polar surface area (TPSA) is 79.3 Å². The molecule has 2 aliphatic carbocycles. The lowest BCUT2D eigenvalue weighted by Crippen LogP contribution is -2.41. The molecular formula is C18H22N2O3. The number of aromatic nitrogens is 1. The molecule has 0 radical (unpaired) electrons. The molecule has 5 heteroatoms. The van der Waals surface area contributed by atoms with Gasteiger partial charge in [0.05, 0.1) is 23.6 Å². The van der Waals surface area contributed by atoms with Crippen LogP contribution in [0.25, 0.3) is 0 Å². The number of nitrogens with zero attached hydrogens (tertiary/aromatic N) is 1. The summed E-state index contributed by atoms with van der Waals surface area (Å²) < 4.78 is 0. The first-order valence-corrected chi connectivity index (χ1v) is 8.24. The maximum Gasteiger partial charge on any atom is 0.307 e. The highest BCUT2D eigenvalue weighted by Crippen LogP contribution is 2.48. The van der Waals surface area contributed by atoms with Crippen LogP contribution in [0.4, 0.5) is 0 Å². The van der Waals surface area contributed by atoms with Gasteiger partial charge in [-0.2, -0.15) is 0 Å². The average Bonchev–Trinajstić information content (AvgIpc) is 3.16. The Bertz CT molecular complexity index is 614. The molecule has 0 saturated heterocycles. The zero-order chi connectivity index (χ0) is 16.4. The van der Waals surface area contributed by atoms with Gasteiger partial charge in [0, 0.05) is 6.20 Å². The molecule has 1 aromatic heterocycles. The standard InChI is InChI=1S/C18H22N2O3/c1-2-5-14(13-6-3-4-9-19-13)20-17(21)15-11-7-8-12(10-11)16(15)18(22)23/h3-4,6-9,11-12,14-16H,2,5,10H2,1H3,(H,20,21)(H,22,23)/t11-,12-,14-,15+,16-/m0/s1. The molecular weight excluding hydrogens is 292 g/mol. The molecule has 122 valence electrons. The second-order valence-electron chi connectivity index (χ2n) is 6.44. The van der Waals surface area contributed by atoms with E-state index in [1.807, 2.05) is 30.4 Å². The summed E-state index contributed by atoms with van der Waals surface area (Å²) in [6, 6.07) is 5.48. The summed E-state index contributed by atoms with van der Waals surface area (Å²) in [5.74, 6) is -2.05. The second-order valence-corrected chi connectivity index (χ2v) is 6.44. The number of amides is 1. The molecule has 1 fully saturated rings. The molecule has 0 aromatic carbocycles. The van der Waals surface area contributed by atoms with Crippen molar-refractivity contribution < 1.29 is 14.7 Å². The predicted octanol–water partition coefficient (Wildman–Crippen LogP) is 2.56. The number of carboxylic acids is 1. The van der Waals surface area contributed by atoms with Crippen molar-refractivity contribution in [1.82, 2.24) is 10.3 Å². The van der Waals surface area contributed by atoms with Crippen LogP contribution < -0.4 is 5.32 Å². The molecule has 5 nitrogen and oxygen atoms in total. The number of carbonyl (C=O) groups excluding carboxylic acids is 1. The van der Waals surface area contributed by atoms with Gasteiger partial charge in [-0.15, -0.1) is 0 Å². The minimum absolute atomic E-state index is 0.00674. The number of fused-ring (bicyclic) bond motifs is 2. The van der Waals surface area contributed by atoms with Gasteiger partial charge < -0.3 is 10.4 Å². The highest BCUT2D eigenvalue weighted by molar-refractivity contribution is 5.87. The Hall–Kier alpha value is -2.17. The van der Waals surface area contributed by atoms with E-state index < -0.39 is 17.8 Å². The fourth-order valence-corrected chi connectivity index (χ4v) is 3.95. The van der Waals surface area contributed by atoms with Crippen LogP contribution >= 0.6 is 0 Å². The van der Waals surface area contributed by atoms with Crippen LogP contribution in [0.5, 0.6) is 0 Å². The number of hydrogen-bond acceptors (Lipinski definition) is 3. The molecule has 2 bridgehead atoms. The summed E-state index contributed by atoms with van der Waals surface area (Å²) in [4.78, 5) is 28.7. The summed E-state index contributed by atoms with van der Waals surface area (Å²) in [7, 11) is 0. The van der Waals surface area contributed by atoms with Gasteiger partial charge in [0.1, 0.15) is 0 Å². The van der Waals surface area contributed by atoms with Crippen LogP contribution in [-0.2, 0) is 9.59 Å². The number of rotatable bonds is 6. The van der Waals surface area contributed by atoms with Crippen LogP contribution in [0.2, 0.25) is 0 Å². The number of pyridine rings is 1. The average molecular weight is 314 g/mol. The van der Waals surface area contributed by atoms with Gasteiger partial charge in [0.25, 0.3) is 0 Å². The third kappa shape index (κ3) is 3.00. The monoisotopic (exact) mass is 314 g/mol. The molecule has 0 unspecified atom stereocenters. The van der Waals surface area contributed by atoms with Gasteiger partial charge in [-0.25, -0.2) is 0 Å². The van der Waals surface area contributed by atoms with Gasteiger partial charge in [0.2, 0.25) is 5.91 Å². The van der Waals surface area contributed by atoms with Crippen molar-refractivity contribution >= 4 is 11.9 Å². The van der Waals surface area contributed by atoms with Crippen molar-refractivity contribution in [2.24, 2.45) is 23.7 Å². The number of carbonyl (C=O) groups is 2. The van der Waals surface area contributed by atoms with E-state index in [4.69, 9.17) is 0 Å². The molecule has 2 N–H and O–H groups in total. The van der Waals surface area contributed by atoms with E-state index in [0.717, 1.165) is 25.0 Å². The number of aliphatic carboxylic acids is 1. The fourth-order valence-electron chi connectivity index (χ4n) is 3.95. The first-order valence-electron chi connectivity index (χ1n) is 8.24. The Morgan fingerprint density at radius 2 is 2.04 bits per heavy atom. The summed E-state index contributed by atoms with van der Waals surface area (Å²) in [5, 5.41) is 12.5. The Morgan fingerprint density at radius 1 is 1.30 bits per heavy atom. The van der Waals surface area contributed by atoms with Crippen molar-refractivity contribution in [3.63, 3.8) is 0 Å². The van der Waals surface area contributed by atoms with Crippen LogP contribution in [-0.4, -0.2) is 22.0 Å². The number of nitrogens with one attached hydrogen (secondary N) is 1. The molecule has 3 rings (SSSR count). The van der Waals surface area contributed by atoms with E-state index in [1.165, 1.54) is 0 Å². The third-order valence-corrected chi connectivity index (χ3v) is 4.99. The summed E-state index contributed by atoms with van der Waals surface area (Å²) in [6.07, 6.45) is 8.15. The summed E-state index contributed by atoms with van der Waals surface area (Å²) >= 11 is 0. The third-order valence-electron chi connectivity index (χ3n) is 4.99. The second kappa shape index (κ2) is 6.52. The summed E-state index contributed by atoms with van der Waals surface area (Å²) in [6.45, 7) is 2.06. The van der Waals surface area contributed by atoms with Crippen LogP contribution in [0.1, 0.15) is 37.9 Å². The van der Waals surface area contributed by atoms with Gasteiger partial charge in [-0.3, -0.25) is 14.6 Å². The normalized spacial score (nSPS) is 29.4. The van der Waals surface area contributed by atoms with E-state index >= 15 is 0 Å². The molecule has 2 aliphatic rings. The highest BCUT2D eigenvalue weighted by atomic mass is 16.4. The smallest absolute Gasteiger partial charge is 0.307 e. The van der Waals surface area contributed by atoms with Gasteiger partial charge in [-0.05, 0) is 36.8 Å². The Morgan fingerprint density at radius 3 is 2.65 bits per heavy atom. The predicted molar refractivity (Wildman–Crippen MR) is 85.4 cm³/mol. The molecule has 0 spiro atoms. The lowest BCUT2D eigenvalue weighted by molar-refractivity contribution is -0.148. The quantitative estimate of drug-likeness (QED) is 0.791. The van der Waals surface area contributed by atoms with Gasteiger partial charge in [-0.1, -0.05) is 31.6 Å². The minimum Gasteiger partial charge on any atom is -0.481 e. The zero-order valence-corrected chi connectivity index (χ0v) is 13.2. The maximum absolute atomic E-state index is 12.8. The highest BCUT2D eigenvalue weighted by Gasteiger charge is 2.51. The minimum atomic E-state index is -0.869. The van der Waals surface area contributed by atoms with Crippen LogP contribution in [0.3, 0.4) is 0 Å². The molecule has 1 aromatic rings. The first-order chi connectivity index (χ1) is 11.1. The van der Waals surface area contributed by atoms with Gasteiger partial charge in [0.15, 0.2) is 0 Å². The Kier molecular flexibility index (Phi) is 4.46. The van der Waals surface area contributed by atoms with Gasteiger partial charge >= 0.3 is 5.97 Å².